The minimum atomic E-state index is -0.196. The molecule has 0 unspecified atom stereocenters. The number of nitrogens with zero attached hydrogens (tertiary/aromatic N) is 1. The smallest absolute Gasteiger partial charge is 0.195 e. The Morgan fingerprint density at radius 1 is 0.455 bits per heavy atom. The standard InChI is InChI=1S/C43H35N/c1-23-17-36-39(26-15-11-9-13-24(23)26)30-20-32-28(18-34(30)42(36,4)5)29-19-35-31(21-33(29)41(32,2)3)40-27-16-12-10-14-25(27)38(44-8)22-37(40)43(35,6)7/h9-22H,1-7H3. The number of rotatable bonds is 0. The van der Waals surface area contributed by atoms with E-state index < -0.39 is 0 Å². The Bertz CT molecular complexity index is 2370. The molecule has 1 heteroatoms. The zero-order valence-electron chi connectivity index (χ0n) is 26.5. The van der Waals surface area contributed by atoms with Gasteiger partial charge in [-0.1, -0.05) is 102 Å². The second kappa shape index (κ2) is 7.88. The predicted molar refractivity (Wildman–Crippen MR) is 185 cm³/mol. The van der Waals surface area contributed by atoms with Crippen molar-refractivity contribution in [1.29, 1.82) is 0 Å². The second-order valence-electron chi connectivity index (χ2n) is 14.9. The molecule has 6 aromatic rings. The Balaban J connectivity index is 1.33. The minimum Gasteiger partial charge on any atom is -0.238 e. The highest BCUT2D eigenvalue weighted by Gasteiger charge is 2.45. The third kappa shape index (κ3) is 2.86. The second-order valence-corrected chi connectivity index (χ2v) is 14.9. The summed E-state index contributed by atoms with van der Waals surface area (Å²) in [6.07, 6.45) is 0. The highest BCUT2D eigenvalue weighted by atomic mass is 14.6. The van der Waals surface area contributed by atoms with Crippen molar-refractivity contribution in [3.8, 4) is 33.4 Å². The van der Waals surface area contributed by atoms with Crippen LogP contribution in [0.2, 0.25) is 0 Å². The molecular weight excluding hydrogens is 530 g/mol. The van der Waals surface area contributed by atoms with Crippen molar-refractivity contribution >= 4 is 27.2 Å². The van der Waals surface area contributed by atoms with Crippen molar-refractivity contribution in [1.82, 2.24) is 0 Å². The quantitative estimate of drug-likeness (QED) is 0.161. The van der Waals surface area contributed by atoms with Gasteiger partial charge < -0.3 is 0 Å². The Morgan fingerprint density at radius 2 is 0.841 bits per heavy atom. The van der Waals surface area contributed by atoms with Crippen molar-refractivity contribution in [2.24, 2.45) is 0 Å². The molecule has 9 rings (SSSR count). The van der Waals surface area contributed by atoms with Crippen molar-refractivity contribution in [2.45, 2.75) is 64.7 Å². The van der Waals surface area contributed by atoms with E-state index >= 15 is 0 Å². The first-order chi connectivity index (χ1) is 21.0. The van der Waals surface area contributed by atoms with Gasteiger partial charge in [0, 0.05) is 16.2 Å². The molecule has 0 aromatic heterocycles. The number of hydrogen-bond acceptors (Lipinski definition) is 0. The van der Waals surface area contributed by atoms with Gasteiger partial charge in [0.2, 0.25) is 0 Å². The molecule has 6 aromatic carbocycles. The molecule has 0 saturated carbocycles. The molecule has 3 aliphatic rings. The van der Waals surface area contributed by atoms with Crippen LogP contribution >= 0.6 is 0 Å². The molecule has 44 heavy (non-hydrogen) atoms. The molecule has 0 saturated heterocycles. The van der Waals surface area contributed by atoms with Gasteiger partial charge in [0.05, 0.1) is 6.57 Å². The minimum absolute atomic E-state index is 0.0807. The van der Waals surface area contributed by atoms with Crippen LogP contribution in [0.25, 0.3) is 59.8 Å². The van der Waals surface area contributed by atoms with Crippen LogP contribution in [0.15, 0.2) is 84.9 Å². The third-order valence-electron chi connectivity index (χ3n) is 11.6. The molecule has 0 radical (unpaired) electrons. The van der Waals surface area contributed by atoms with Gasteiger partial charge in [0.25, 0.3) is 0 Å². The molecule has 0 N–H and O–H groups in total. The van der Waals surface area contributed by atoms with Crippen LogP contribution in [0, 0.1) is 13.5 Å². The first kappa shape index (κ1) is 25.8. The van der Waals surface area contributed by atoms with Gasteiger partial charge >= 0.3 is 0 Å². The average Bonchev–Trinajstić information content (AvgIpc) is 3.48. The van der Waals surface area contributed by atoms with Crippen LogP contribution in [0.4, 0.5) is 5.69 Å². The van der Waals surface area contributed by atoms with Crippen LogP contribution in [-0.4, -0.2) is 0 Å². The zero-order chi connectivity index (χ0) is 30.5. The predicted octanol–water partition coefficient (Wildman–Crippen LogP) is 11.8. The highest BCUT2D eigenvalue weighted by Crippen LogP contribution is 2.61. The SMILES string of the molecule is [C-]#[N+]c1cc2c(c3ccccc13)-c1cc3c(cc1C2(C)C)-c1cc2c(cc1C3(C)C)-c1c(cc(C)c3ccccc13)C2(C)C. The molecule has 0 fully saturated rings. The van der Waals surface area contributed by atoms with E-state index in [0.717, 1.165) is 11.1 Å². The van der Waals surface area contributed by atoms with Gasteiger partial charge in [-0.15, -0.1) is 0 Å². The summed E-state index contributed by atoms with van der Waals surface area (Å²) in [5.74, 6) is 0. The lowest BCUT2D eigenvalue weighted by Crippen LogP contribution is -2.17. The van der Waals surface area contributed by atoms with E-state index in [4.69, 9.17) is 6.57 Å². The molecule has 0 heterocycles. The van der Waals surface area contributed by atoms with E-state index in [1.165, 1.54) is 88.5 Å². The highest BCUT2D eigenvalue weighted by molar-refractivity contribution is 6.09. The summed E-state index contributed by atoms with van der Waals surface area (Å²) in [5, 5.41) is 4.96. The summed E-state index contributed by atoms with van der Waals surface area (Å²) >= 11 is 0. The summed E-state index contributed by atoms with van der Waals surface area (Å²) in [4.78, 5) is 3.96. The summed E-state index contributed by atoms with van der Waals surface area (Å²) in [6.45, 7) is 24.5. The fraction of sp³-hybridized carbons (Fsp3) is 0.233. The molecule has 0 spiro atoms. The Kier molecular flexibility index (Phi) is 4.62. The number of benzene rings is 6. The van der Waals surface area contributed by atoms with E-state index in [1.54, 1.807) is 0 Å². The molecule has 0 aliphatic heterocycles. The summed E-state index contributed by atoms with van der Waals surface area (Å²) in [5.41, 5.74) is 18.2. The van der Waals surface area contributed by atoms with E-state index in [2.05, 4.69) is 138 Å². The Hall–Kier alpha value is -4.67. The topological polar surface area (TPSA) is 4.36 Å². The molecule has 1 nitrogen and oxygen atoms in total. The largest absolute Gasteiger partial charge is 0.238 e. The number of fused-ring (bicyclic) bond motifs is 13. The Labute approximate surface area is 260 Å². The Morgan fingerprint density at radius 3 is 1.36 bits per heavy atom. The lowest BCUT2D eigenvalue weighted by molar-refractivity contribution is 0.649. The van der Waals surface area contributed by atoms with Gasteiger partial charge in [0.1, 0.15) is 0 Å². The lowest BCUT2D eigenvalue weighted by atomic mass is 9.78. The van der Waals surface area contributed by atoms with Crippen LogP contribution < -0.4 is 0 Å². The lowest BCUT2D eigenvalue weighted by Gasteiger charge is -2.25. The first-order valence-electron chi connectivity index (χ1n) is 15.8. The molecule has 0 atom stereocenters. The van der Waals surface area contributed by atoms with Crippen molar-refractivity contribution in [3.63, 3.8) is 0 Å². The number of aryl methyl sites for hydroxylation is 1. The van der Waals surface area contributed by atoms with Crippen molar-refractivity contribution in [3.05, 3.63) is 135 Å². The average molecular weight is 566 g/mol. The van der Waals surface area contributed by atoms with E-state index in [9.17, 15) is 0 Å². The normalized spacial score (nSPS) is 17.0. The first-order valence-corrected chi connectivity index (χ1v) is 15.8. The maximum atomic E-state index is 7.94. The fourth-order valence-corrected chi connectivity index (χ4v) is 9.13. The molecule has 0 amide bonds. The van der Waals surface area contributed by atoms with Crippen molar-refractivity contribution in [2.75, 3.05) is 0 Å². The summed E-state index contributed by atoms with van der Waals surface area (Å²) < 4.78 is 0. The van der Waals surface area contributed by atoms with Gasteiger partial charge in [0.15, 0.2) is 5.69 Å². The molecular formula is C43H35N. The van der Waals surface area contributed by atoms with Gasteiger partial charge in [-0.3, -0.25) is 0 Å². The maximum Gasteiger partial charge on any atom is 0.195 e. The zero-order valence-corrected chi connectivity index (χ0v) is 26.5. The van der Waals surface area contributed by atoms with Crippen LogP contribution in [0.1, 0.15) is 80.5 Å². The van der Waals surface area contributed by atoms with E-state index in [1.807, 2.05) is 0 Å². The fourth-order valence-electron chi connectivity index (χ4n) is 9.13. The summed E-state index contributed by atoms with van der Waals surface area (Å²) in [6, 6.07) is 32.1. The van der Waals surface area contributed by atoms with Crippen LogP contribution in [0.3, 0.4) is 0 Å². The summed E-state index contributed by atoms with van der Waals surface area (Å²) in [7, 11) is 0. The third-order valence-corrected chi connectivity index (χ3v) is 11.6. The van der Waals surface area contributed by atoms with E-state index in [0.29, 0.717) is 0 Å². The maximum absolute atomic E-state index is 7.94. The molecule has 3 aliphatic carbocycles. The van der Waals surface area contributed by atoms with Gasteiger partial charge in [-0.2, -0.15) is 0 Å². The molecule has 0 bridgehead atoms. The monoisotopic (exact) mass is 565 g/mol. The van der Waals surface area contributed by atoms with Gasteiger partial charge in [-0.05, 0) is 125 Å². The van der Waals surface area contributed by atoms with Crippen LogP contribution in [-0.2, 0) is 16.2 Å². The van der Waals surface area contributed by atoms with Gasteiger partial charge in [-0.25, -0.2) is 4.85 Å². The van der Waals surface area contributed by atoms with Crippen LogP contribution in [0.5, 0.6) is 0 Å². The van der Waals surface area contributed by atoms with E-state index in [-0.39, 0.29) is 16.2 Å². The number of hydrogen-bond donors (Lipinski definition) is 0. The van der Waals surface area contributed by atoms with Crippen molar-refractivity contribution < 1.29 is 0 Å². The molecule has 212 valence electrons.